The Morgan fingerprint density at radius 2 is 2.44 bits per heavy atom. The van der Waals surface area contributed by atoms with Crippen LogP contribution in [0.3, 0.4) is 0 Å². The van der Waals surface area contributed by atoms with Crippen molar-refractivity contribution < 1.29 is 9.21 Å². The first-order valence-corrected chi connectivity index (χ1v) is 5.82. The zero-order valence-corrected chi connectivity index (χ0v) is 9.53. The van der Waals surface area contributed by atoms with Crippen LogP contribution in [0.4, 0.5) is 0 Å². The molecule has 4 nitrogen and oxygen atoms in total. The third-order valence-electron chi connectivity index (χ3n) is 3.04. The van der Waals surface area contributed by atoms with Gasteiger partial charge in [-0.15, -0.1) is 0 Å². The number of amides is 1. The van der Waals surface area contributed by atoms with Crippen LogP contribution in [0.1, 0.15) is 35.9 Å². The molecule has 0 aliphatic heterocycles. The summed E-state index contributed by atoms with van der Waals surface area (Å²) in [7, 11) is 0. The summed E-state index contributed by atoms with van der Waals surface area (Å²) in [5.41, 5.74) is 6.54. The molecule has 1 aliphatic rings. The maximum Gasteiger partial charge on any atom is 0.254 e. The van der Waals surface area contributed by atoms with Gasteiger partial charge in [0.1, 0.15) is 5.76 Å². The van der Waals surface area contributed by atoms with Gasteiger partial charge in [-0.25, -0.2) is 0 Å². The van der Waals surface area contributed by atoms with E-state index in [9.17, 15) is 4.79 Å². The van der Waals surface area contributed by atoms with E-state index < -0.39 is 0 Å². The van der Waals surface area contributed by atoms with Gasteiger partial charge in [-0.3, -0.25) is 4.79 Å². The second-order valence-corrected chi connectivity index (χ2v) is 4.32. The topological polar surface area (TPSA) is 68.3 Å². The van der Waals surface area contributed by atoms with Crippen LogP contribution in [0.15, 0.2) is 16.7 Å². The predicted octanol–water partition coefficient (Wildman–Crippen LogP) is 1.31. The molecule has 0 bridgehead atoms. The maximum atomic E-state index is 11.8. The molecule has 1 aromatic heterocycles. The van der Waals surface area contributed by atoms with Gasteiger partial charge >= 0.3 is 0 Å². The van der Waals surface area contributed by atoms with Crippen LogP contribution in [0.5, 0.6) is 0 Å². The largest absolute Gasteiger partial charge is 0.469 e. The zero-order chi connectivity index (χ0) is 11.5. The third kappa shape index (κ3) is 2.44. The van der Waals surface area contributed by atoms with Crippen molar-refractivity contribution in [3.05, 3.63) is 23.7 Å². The van der Waals surface area contributed by atoms with Gasteiger partial charge in [0.25, 0.3) is 5.91 Å². The molecule has 1 fully saturated rings. The molecule has 16 heavy (non-hydrogen) atoms. The van der Waals surface area contributed by atoms with Crippen LogP contribution < -0.4 is 11.1 Å². The van der Waals surface area contributed by atoms with Crippen molar-refractivity contribution in [3.8, 4) is 0 Å². The van der Waals surface area contributed by atoms with Gasteiger partial charge in [0, 0.05) is 19.0 Å². The fraction of sp³-hybridized carbons (Fsp3) is 0.583. The van der Waals surface area contributed by atoms with Gasteiger partial charge in [0.05, 0.1) is 11.8 Å². The number of hydrogen-bond acceptors (Lipinski definition) is 3. The van der Waals surface area contributed by atoms with Crippen LogP contribution in [-0.2, 0) is 6.42 Å². The normalized spacial score (nSPS) is 17.1. The smallest absolute Gasteiger partial charge is 0.254 e. The molecule has 1 heterocycles. The van der Waals surface area contributed by atoms with E-state index in [1.807, 2.05) is 6.92 Å². The summed E-state index contributed by atoms with van der Waals surface area (Å²) >= 11 is 0. The van der Waals surface area contributed by atoms with Gasteiger partial charge in [-0.05, 0) is 24.8 Å². The highest BCUT2D eigenvalue weighted by Crippen LogP contribution is 2.31. The Balaban J connectivity index is 1.87. The average Bonchev–Trinajstić information content (AvgIpc) is 3.03. The zero-order valence-electron chi connectivity index (χ0n) is 9.53. The number of nitrogens with one attached hydrogen (secondary N) is 1. The molecule has 1 saturated carbocycles. The summed E-state index contributed by atoms with van der Waals surface area (Å²) in [6.07, 6.45) is 4.67. The molecule has 1 aromatic rings. The second kappa shape index (κ2) is 4.70. The first-order chi connectivity index (χ1) is 7.72. The molecule has 4 heteroatoms. The summed E-state index contributed by atoms with van der Waals surface area (Å²) in [6.45, 7) is 2.52. The fourth-order valence-corrected chi connectivity index (χ4v) is 1.81. The lowest BCUT2D eigenvalue weighted by molar-refractivity contribution is 0.0948. The lowest BCUT2D eigenvalue weighted by atomic mass is 10.1. The summed E-state index contributed by atoms with van der Waals surface area (Å²) in [4.78, 5) is 11.8. The molecule has 1 unspecified atom stereocenters. The molecule has 0 spiro atoms. The van der Waals surface area contributed by atoms with Crippen LogP contribution in [0, 0.1) is 5.92 Å². The van der Waals surface area contributed by atoms with Gasteiger partial charge in [-0.2, -0.15) is 0 Å². The molecular weight excluding hydrogens is 204 g/mol. The second-order valence-electron chi connectivity index (χ2n) is 4.32. The van der Waals surface area contributed by atoms with Crippen LogP contribution in [0.25, 0.3) is 0 Å². The summed E-state index contributed by atoms with van der Waals surface area (Å²) in [6, 6.07) is 1.80. The quantitative estimate of drug-likeness (QED) is 0.789. The molecule has 0 aromatic carbocycles. The molecule has 1 aliphatic carbocycles. The van der Waals surface area contributed by atoms with Crippen molar-refractivity contribution in [2.75, 3.05) is 6.54 Å². The van der Waals surface area contributed by atoms with E-state index in [4.69, 9.17) is 10.2 Å². The van der Waals surface area contributed by atoms with Crippen LogP contribution in [0.2, 0.25) is 0 Å². The minimum Gasteiger partial charge on any atom is -0.469 e. The Morgan fingerprint density at radius 3 is 3.06 bits per heavy atom. The third-order valence-corrected chi connectivity index (χ3v) is 3.04. The minimum absolute atomic E-state index is 0.0818. The lowest BCUT2D eigenvalue weighted by Crippen LogP contribution is -2.38. The average molecular weight is 222 g/mol. The van der Waals surface area contributed by atoms with E-state index in [1.54, 1.807) is 12.3 Å². The van der Waals surface area contributed by atoms with Gasteiger partial charge < -0.3 is 15.5 Å². The Morgan fingerprint density at radius 1 is 1.69 bits per heavy atom. The van der Waals surface area contributed by atoms with Crippen molar-refractivity contribution in [2.45, 2.75) is 32.2 Å². The number of rotatable bonds is 5. The Labute approximate surface area is 95.2 Å². The maximum absolute atomic E-state index is 11.8. The molecule has 1 atom stereocenters. The van der Waals surface area contributed by atoms with E-state index in [0.717, 1.165) is 12.2 Å². The van der Waals surface area contributed by atoms with E-state index in [2.05, 4.69) is 5.32 Å². The Bertz CT molecular complexity index is 369. The van der Waals surface area contributed by atoms with E-state index in [0.29, 0.717) is 18.0 Å². The number of hydrogen-bond donors (Lipinski definition) is 2. The first-order valence-electron chi connectivity index (χ1n) is 5.82. The Kier molecular flexibility index (Phi) is 3.29. The van der Waals surface area contributed by atoms with Crippen LogP contribution >= 0.6 is 0 Å². The number of carbonyl (C=O) groups excluding carboxylic acids is 1. The van der Waals surface area contributed by atoms with Crippen molar-refractivity contribution in [1.29, 1.82) is 0 Å². The molecule has 1 amide bonds. The first kappa shape index (κ1) is 11.2. The molecule has 88 valence electrons. The highest BCUT2D eigenvalue weighted by Gasteiger charge is 2.28. The highest BCUT2D eigenvalue weighted by molar-refractivity contribution is 5.95. The number of aryl methyl sites for hydroxylation is 1. The summed E-state index contributed by atoms with van der Waals surface area (Å²) in [5.74, 6) is 1.26. The Hall–Kier alpha value is -1.29. The van der Waals surface area contributed by atoms with Gasteiger partial charge in [0.2, 0.25) is 0 Å². The number of furan rings is 1. The van der Waals surface area contributed by atoms with E-state index in [-0.39, 0.29) is 11.9 Å². The molecule has 2 rings (SSSR count). The van der Waals surface area contributed by atoms with Gasteiger partial charge in [-0.1, -0.05) is 6.92 Å². The SMILES string of the molecule is CCc1occc1C(=O)NCC(N)C1CC1. The minimum atomic E-state index is -0.0818. The van der Waals surface area contributed by atoms with E-state index in [1.165, 1.54) is 12.8 Å². The molecule has 0 saturated heterocycles. The fourth-order valence-electron chi connectivity index (χ4n) is 1.81. The number of carbonyl (C=O) groups is 1. The predicted molar refractivity (Wildman–Crippen MR) is 61.1 cm³/mol. The highest BCUT2D eigenvalue weighted by atomic mass is 16.3. The summed E-state index contributed by atoms with van der Waals surface area (Å²) in [5, 5.41) is 2.86. The summed E-state index contributed by atoms with van der Waals surface area (Å²) < 4.78 is 5.21. The van der Waals surface area contributed by atoms with Gasteiger partial charge in [0.15, 0.2) is 0 Å². The van der Waals surface area contributed by atoms with Crippen molar-refractivity contribution in [2.24, 2.45) is 11.7 Å². The van der Waals surface area contributed by atoms with Crippen molar-refractivity contribution in [1.82, 2.24) is 5.32 Å². The van der Waals surface area contributed by atoms with Crippen LogP contribution in [-0.4, -0.2) is 18.5 Å². The molecule has 3 N–H and O–H groups in total. The number of nitrogens with two attached hydrogens (primary N) is 1. The lowest BCUT2D eigenvalue weighted by Gasteiger charge is -2.11. The van der Waals surface area contributed by atoms with Crippen molar-refractivity contribution in [3.63, 3.8) is 0 Å². The van der Waals surface area contributed by atoms with E-state index >= 15 is 0 Å². The van der Waals surface area contributed by atoms with Crippen molar-refractivity contribution >= 4 is 5.91 Å². The standard InChI is InChI=1S/C12H18N2O2/c1-2-11-9(5-6-16-11)12(15)14-7-10(13)8-3-4-8/h5-6,8,10H,2-4,7,13H2,1H3,(H,14,15). The molecule has 0 radical (unpaired) electrons. The molecular formula is C12H18N2O2. The monoisotopic (exact) mass is 222 g/mol.